The first-order valence-corrected chi connectivity index (χ1v) is 8.07. The summed E-state index contributed by atoms with van der Waals surface area (Å²) in [5, 5.41) is 18.8. The average Bonchev–Trinajstić information content (AvgIpc) is 2.98. The maximum absolute atomic E-state index is 10.5. The van der Waals surface area contributed by atoms with Gasteiger partial charge in [0.1, 0.15) is 5.75 Å². The van der Waals surface area contributed by atoms with Gasteiger partial charge in [0.15, 0.2) is 6.61 Å². The Labute approximate surface area is 157 Å². The molecule has 0 unspecified atom stereocenters. The fourth-order valence-electron chi connectivity index (χ4n) is 2.24. The van der Waals surface area contributed by atoms with Crippen molar-refractivity contribution in [1.29, 1.82) is 0 Å². The van der Waals surface area contributed by atoms with Crippen molar-refractivity contribution in [3.05, 3.63) is 46.4 Å². The van der Waals surface area contributed by atoms with Gasteiger partial charge in [0.05, 0.1) is 10.0 Å². The Hall–Kier alpha value is -2.97. The van der Waals surface area contributed by atoms with E-state index in [1.54, 1.807) is 36.4 Å². The van der Waals surface area contributed by atoms with Gasteiger partial charge in [-0.3, -0.25) is 0 Å². The molecule has 0 aliphatic heterocycles. The number of rotatable bonds is 6. The number of nitrogens with two attached hydrogens (primary N) is 1. The number of aromatic nitrogens is 3. The number of anilines is 3. The summed E-state index contributed by atoms with van der Waals surface area (Å²) in [7, 11) is 0. The molecule has 3 rings (SSSR count). The molecule has 10 heteroatoms. The number of aliphatic carboxylic acids is 1. The Morgan fingerprint density at radius 3 is 2.42 bits per heavy atom. The Morgan fingerprint density at radius 2 is 1.88 bits per heavy atom. The Bertz CT molecular complexity index is 920. The minimum absolute atomic E-state index is 0.187. The number of benzene rings is 2. The number of carboxylic acid groups (broad SMARTS) is 1. The number of halogens is 2. The molecule has 1 aromatic heterocycles. The van der Waals surface area contributed by atoms with Crippen LogP contribution in [0.2, 0.25) is 10.0 Å². The zero-order chi connectivity index (χ0) is 18.7. The van der Waals surface area contributed by atoms with Crippen molar-refractivity contribution >= 4 is 46.8 Å². The van der Waals surface area contributed by atoms with Crippen LogP contribution >= 0.6 is 23.2 Å². The quantitative estimate of drug-likeness (QED) is 0.504. The van der Waals surface area contributed by atoms with Gasteiger partial charge in [0.25, 0.3) is 0 Å². The maximum Gasteiger partial charge on any atom is 0.341 e. The number of ether oxygens (including phenoxy) is 1. The zero-order valence-electron chi connectivity index (χ0n) is 13.2. The number of nitrogen functional groups attached to an aromatic ring is 1. The highest BCUT2D eigenvalue weighted by molar-refractivity contribution is 6.39. The monoisotopic (exact) mass is 393 g/mol. The molecule has 2 aromatic carbocycles. The largest absolute Gasteiger partial charge is 0.482 e. The van der Waals surface area contributed by atoms with Crippen LogP contribution in [0.25, 0.3) is 11.1 Å². The van der Waals surface area contributed by atoms with E-state index < -0.39 is 12.6 Å². The van der Waals surface area contributed by atoms with Gasteiger partial charge in [-0.25, -0.2) is 9.89 Å². The van der Waals surface area contributed by atoms with Crippen LogP contribution in [-0.2, 0) is 4.79 Å². The lowest BCUT2D eigenvalue weighted by atomic mass is 10.0. The lowest BCUT2D eigenvalue weighted by Crippen LogP contribution is -2.09. The number of hydrogen-bond acceptors (Lipinski definition) is 6. The Kier molecular flexibility index (Phi) is 5.15. The molecule has 0 saturated carbocycles. The molecular formula is C16H13Cl2N5O3. The molecule has 0 atom stereocenters. The predicted octanol–water partition coefficient (Wildman–Crippen LogP) is 3.57. The van der Waals surface area contributed by atoms with E-state index in [0.29, 0.717) is 33.0 Å². The molecule has 0 saturated heterocycles. The van der Waals surface area contributed by atoms with Crippen molar-refractivity contribution < 1.29 is 14.6 Å². The summed E-state index contributed by atoms with van der Waals surface area (Å²) in [6.45, 7) is -0.410. The molecule has 8 nitrogen and oxygen atoms in total. The molecule has 0 spiro atoms. The van der Waals surface area contributed by atoms with E-state index in [0.717, 1.165) is 5.56 Å². The highest BCUT2D eigenvalue weighted by Gasteiger charge is 2.12. The molecule has 3 aromatic rings. The second-order valence-electron chi connectivity index (χ2n) is 5.19. The van der Waals surface area contributed by atoms with Gasteiger partial charge in [-0.2, -0.15) is 4.98 Å². The normalized spacial score (nSPS) is 10.5. The summed E-state index contributed by atoms with van der Waals surface area (Å²) in [5.74, 6) is -0.130. The third-order valence-corrected chi connectivity index (χ3v) is 3.90. The van der Waals surface area contributed by atoms with Gasteiger partial charge in [-0.1, -0.05) is 35.3 Å². The van der Waals surface area contributed by atoms with Crippen LogP contribution in [0.1, 0.15) is 0 Å². The molecule has 0 aliphatic carbocycles. The fraction of sp³-hybridized carbons (Fsp3) is 0.0625. The van der Waals surface area contributed by atoms with Gasteiger partial charge in [-0.15, -0.1) is 5.10 Å². The van der Waals surface area contributed by atoms with E-state index in [4.69, 9.17) is 38.8 Å². The molecule has 0 radical (unpaired) electrons. The number of carboxylic acids is 1. The smallest absolute Gasteiger partial charge is 0.341 e. The minimum atomic E-state index is -1.04. The van der Waals surface area contributed by atoms with Crippen molar-refractivity contribution in [2.24, 2.45) is 0 Å². The number of H-pyrrole nitrogens is 1. The van der Waals surface area contributed by atoms with Crippen molar-refractivity contribution in [1.82, 2.24) is 15.2 Å². The molecule has 0 bridgehead atoms. The van der Waals surface area contributed by atoms with Crippen LogP contribution in [0.4, 0.5) is 17.6 Å². The Balaban J connectivity index is 1.82. The van der Waals surface area contributed by atoms with Crippen molar-refractivity contribution in [3.63, 3.8) is 0 Å². The molecule has 0 aliphatic rings. The van der Waals surface area contributed by atoms with Gasteiger partial charge in [-0.05, 0) is 29.8 Å². The second kappa shape index (κ2) is 7.51. The number of carbonyl (C=O) groups is 1. The summed E-state index contributed by atoms with van der Waals surface area (Å²) >= 11 is 12.8. The van der Waals surface area contributed by atoms with Crippen LogP contribution < -0.4 is 15.8 Å². The van der Waals surface area contributed by atoms with Crippen LogP contribution in [0.15, 0.2) is 36.4 Å². The van der Waals surface area contributed by atoms with Gasteiger partial charge < -0.3 is 20.9 Å². The number of aromatic amines is 1. The first-order valence-electron chi connectivity index (χ1n) is 7.31. The predicted molar refractivity (Wildman–Crippen MR) is 99.1 cm³/mol. The molecular weight excluding hydrogens is 381 g/mol. The molecule has 0 fully saturated rings. The molecule has 0 amide bonds. The number of nitrogens with zero attached hydrogens (tertiary/aromatic N) is 2. The van der Waals surface area contributed by atoms with E-state index in [9.17, 15) is 4.79 Å². The zero-order valence-corrected chi connectivity index (χ0v) is 14.7. The van der Waals surface area contributed by atoms with Gasteiger partial charge in [0, 0.05) is 11.3 Å². The first kappa shape index (κ1) is 17.8. The number of hydrogen-bond donors (Lipinski definition) is 4. The third-order valence-electron chi connectivity index (χ3n) is 3.31. The van der Waals surface area contributed by atoms with E-state index in [2.05, 4.69) is 20.5 Å². The number of nitrogens with one attached hydrogen (secondary N) is 2. The highest BCUT2D eigenvalue weighted by atomic mass is 35.5. The van der Waals surface area contributed by atoms with Gasteiger partial charge >= 0.3 is 5.97 Å². The lowest BCUT2D eigenvalue weighted by Gasteiger charge is -2.11. The summed E-state index contributed by atoms with van der Waals surface area (Å²) in [5.41, 5.74) is 7.48. The van der Waals surface area contributed by atoms with Gasteiger partial charge in [0.2, 0.25) is 11.9 Å². The molecule has 5 N–H and O–H groups in total. The molecule has 1 heterocycles. The van der Waals surface area contributed by atoms with Crippen LogP contribution in [0.3, 0.4) is 0 Å². The van der Waals surface area contributed by atoms with Crippen molar-refractivity contribution in [2.75, 3.05) is 17.7 Å². The summed E-state index contributed by atoms with van der Waals surface area (Å²) in [4.78, 5) is 14.5. The molecule has 134 valence electrons. The van der Waals surface area contributed by atoms with Crippen molar-refractivity contribution in [2.45, 2.75) is 0 Å². The summed E-state index contributed by atoms with van der Waals surface area (Å²) in [6, 6.07) is 10.1. The third kappa shape index (κ3) is 4.16. The van der Waals surface area contributed by atoms with E-state index in [1.165, 1.54) is 0 Å². The van der Waals surface area contributed by atoms with E-state index in [1.807, 2.05) is 0 Å². The van der Waals surface area contributed by atoms with Crippen molar-refractivity contribution in [3.8, 4) is 16.9 Å². The topological polar surface area (TPSA) is 126 Å². The van der Waals surface area contributed by atoms with Crippen LogP contribution in [0.5, 0.6) is 5.75 Å². The Morgan fingerprint density at radius 1 is 1.23 bits per heavy atom. The second-order valence-corrected chi connectivity index (χ2v) is 6.01. The maximum atomic E-state index is 10.5. The summed E-state index contributed by atoms with van der Waals surface area (Å²) in [6.07, 6.45) is 0. The summed E-state index contributed by atoms with van der Waals surface area (Å²) < 4.78 is 5.10. The van der Waals surface area contributed by atoms with E-state index in [-0.39, 0.29) is 5.95 Å². The average molecular weight is 394 g/mol. The van der Waals surface area contributed by atoms with E-state index >= 15 is 0 Å². The first-order chi connectivity index (χ1) is 12.4. The molecule has 26 heavy (non-hydrogen) atoms. The highest BCUT2D eigenvalue weighted by Crippen LogP contribution is 2.38. The van der Waals surface area contributed by atoms with Crippen LogP contribution in [0, 0.1) is 0 Å². The SMILES string of the molecule is Nc1nc(Nc2cc(Cl)c(-c3ccc(OCC(=O)O)cc3)c(Cl)c2)n[nH]1. The minimum Gasteiger partial charge on any atom is -0.482 e. The lowest BCUT2D eigenvalue weighted by molar-refractivity contribution is -0.139. The standard InChI is InChI=1S/C16H13Cl2N5O3/c17-11-5-9(20-16-21-15(19)22-23-16)6-12(18)14(11)8-1-3-10(4-2-8)26-7-13(24)25/h1-6H,7H2,(H,24,25)(H4,19,20,21,22,23). The van der Waals surface area contributed by atoms with Crippen LogP contribution in [-0.4, -0.2) is 32.9 Å². The fourth-order valence-corrected chi connectivity index (χ4v) is 2.95.